The van der Waals surface area contributed by atoms with E-state index in [0.29, 0.717) is 0 Å². The quantitative estimate of drug-likeness (QED) is 0.870. The topological polar surface area (TPSA) is 40.9 Å². The summed E-state index contributed by atoms with van der Waals surface area (Å²) in [5, 5.41) is 0. The maximum Gasteiger partial charge on any atom is 0.272 e. The van der Waals surface area contributed by atoms with Crippen LogP contribution in [0.2, 0.25) is 0 Å². The SMILES string of the molecule is CCc1nc2cc(C)ccn2c1C(=O)N1CCN(CC)CC1. The molecule has 1 aliphatic rings. The first-order chi connectivity index (χ1) is 10.6. The Balaban J connectivity index is 1.93. The number of pyridine rings is 1. The molecule has 0 aliphatic carbocycles. The molecular formula is C17H24N4O. The molecule has 0 atom stereocenters. The highest BCUT2D eigenvalue weighted by Crippen LogP contribution is 2.18. The molecule has 0 aromatic carbocycles. The fourth-order valence-corrected chi connectivity index (χ4v) is 3.09. The molecule has 1 fully saturated rings. The van der Waals surface area contributed by atoms with E-state index in [1.54, 1.807) is 0 Å². The van der Waals surface area contributed by atoms with Gasteiger partial charge in [0.25, 0.3) is 5.91 Å². The molecule has 0 N–H and O–H groups in total. The Morgan fingerprint density at radius 1 is 1.23 bits per heavy atom. The summed E-state index contributed by atoms with van der Waals surface area (Å²) in [7, 11) is 0. The first-order valence-electron chi connectivity index (χ1n) is 8.13. The van der Waals surface area contributed by atoms with Crippen LogP contribution in [0.3, 0.4) is 0 Å². The van der Waals surface area contributed by atoms with E-state index in [0.717, 1.165) is 61.7 Å². The second-order valence-electron chi connectivity index (χ2n) is 5.92. The number of amides is 1. The van der Waals surface area contributed by atoms with Gasteiger partial charge in [-0.2, -0.15) is 0 Å². The second-order valence-corrected chi connectivity index (χ2v) is 5.92. The maximum atomic E-state index is 13.0. The molecule has 5 nitrogen and oxygen atoms in total. The lowest BCUT2D eigenvalue weighted by atomic mass is 10.2. The van der Waals surface area contributed by atoms with Crippen molar-refractivity contribution in [3.63, 3.8) is 0 Å². The van der Waals surface area contributed by atoms with E-state index in [9.17, 15) is 4.79 Å². The minimum Gasteiger partial charge on any atom is -0.335 e. The van der Waals surface area contributed by atoms with E-state index in [2.05, 4.69) is 23.7 Å². The van der Waals surface area contributed by atoms with Crippen LogP contribution in [-0.4, -0.2) is 57.8 Å². The lowest BCUT2D eigenvalue weighted by Gasteiger charge is -2.34. The Labute approximate surface area is 131 Å². The Morgan fingerprint density at radius 3 is 2.59 bits per heavy atom. The van der Waals surface area contributed by atoms with E-state index in [1.165, 1.54) is 0 Å². The summed E-state index contributed by atoms with van der Waals surface area (Å²) in [6.45, 7) is 10.8. The van der Waals surface area contributed by atoms with Crippen molar-refractivity contribution in [2.45, 2.75) is 27.2 Å². The first-order valence-corrected chi connectivity index (χ1v) is 8.13. The number of fused-ring (bicyclic) bond motifs is 1. The third kappa shape index (κ3) is 2.61. The lowest BCUT2D eigenvalue weighted by Crippen LogP contribution is -2.48. The van der Waals surface area contributed by atoms with Gasteiger partial charge in [0.05, 0.1) is 5.69 Å². The molecule has 22 heavy (non-hydrogen) atoms. The van der Waals surface area contributed by atoms with Gasteiger partial charge < -0.3 is 9.80 Å². The van der Waals surface area contributed by atoms with E-state index < -0.39 is 0 Å². The van der Waals surface area contributed by atoms with Crippen molar-refractivity contribution >= 4 is 11.6 Å². The number of carbonyl (C=O) groups is 1. The number of aromatic nitrogens is 2. The zero-order valence-electron chi connectivity index (χ0n) is 13.7. The fraction of sp³-hybridized carbons (Fsp3) is 0.529. The second kappa shape index (κ2) is 6.08. The number of imidazole rings is 1. The van der Waals surface area contributed by atoms with Crippen LogP contribution in [0.5, 0.6) is 0 Å². The molecule has 0 saturated carbocycles. The molecular weight excluding hydrogens is 276 g/mol. The van der Waals surface area contributed by atoms with E-state index >= 15 is 0 Å². The fourth-order valence-electron chi connectivity index (χ4n) is 3.09. The monoisotopic (exact) mass is 300 g/mol. The van der Waals surface area contributed by atoms with Gasteiger partial charge in [0.1, 0.15) is 11.3 Å². The summed E-state index contributed by atoms with van der Waals surface area (Å²) in [4.78, 5) is 22.0. The predicted octanol–water partition coefficient (Wildman–Crippen LogP) is 1.98. The highest BCUT2D eigenvalue weighted by atomic mass is 16.2. The zero-order valence-corrected chi connectivity index (χ0v) is 13.7. The smallest absolute Gasteiger partial charge is 0.272 e. The number of carbonyl (C=O) groups excluding carboxylic acids is 1. The van der Waals surface area contributed by atoms with E-state index in [-0.39, 0.29) is 5.91 Å². The van der Waals surface area contributed by atoms with E-state index in [4.69, 9.17) is 0 Å². The standard InChI is InChI=1S/C17H24N4O/c1-4-14-16(21-7-6-13(3)12-15(21)18-14)17(22)20-10-8-19(5-2)9-11-20/h6-7,12H,4-5,8-11H2,1-3H3. The predicted molar refractivity (Wildman–Crippen MR) is 87.3 cm³/mol. The molecule has 0 bridgehead atoms. The number of aryl methyl sites for hydroxylation is 2. The first kappa shape index (κ1) is 15.0. The molecule has 5 heteroatoms. The van der Waals surface area contributed by atoms with Crippen LogP contribution >= 0.6 is 0 Å². The summed E-state index contributed by atoms with van der Waals surface area (Å²) in [5.74, 6) is 0.115. The molecule has 1 saturated heterocycles. The maximum absolute atomic E-state index is 13.0. The van der Waals surface area contributed by atoms with Gasteiger partial charge in [-0.1, -0.05) is 13.8 Å². The normalized spacial score (nSPS) is 16.4. The van der Waals surface area contributed by atoms with Crippen LogP contribution in [0.15, 0.2) is 18.3 Å². The Kier molecular flexibility index (Phi) is 4.16. The number of likely N-dealkylation sites (N-methyl/N-ethyl adjacent to an activating group) is 1. The van der Waals surface area contributed by atoms with Crippen molar-refractivity contribution in [1.29, 1.82) is 0 Å². The Hall–Kier alpha value is -1.88. The molecule has 3 rings (SSSR count). The largest absolute Gasteiger partial charge is 0.335 e. The van der Waals surface area contributed by atoms with Gasteiger partial charge in [-0.25, -0.2) is 4.98 Å². The lowest BCUT2D eigenvalue weighted by molar-refractivity contribution is 0.0635. The van der Waals surface area contributed by atoms with Crippen LogP contribution in [0, 0.1) is 6.92 Å². The Morgan fingerprint density at radius 2 is 1.95 bits per heavy atom. The van der Waals surface area contributed by atoms with Crippen molar-refractivity contribution in [3.05, 3.63) is 35.3 Å². The van der Waals surface area contributed by atoms with Crippen molar-refractivity contribution in [3.8, 4) is 0 Å². The minimum absolute atomic E-state index is 0.115. The highest BCUT2D eigenvalue weighted by Gasteiger charge is 2.26. The van der Waals surface area contributed by atoms with Crippen LogP contribution in [0.1, 0.15) is 35.6 Å². The van der Waals surface area contributed by atoms with Gasteiger partial charge >= 0.3 is 0 Å². The summed E-state index contributed by atoms with van der Waals surface area (Å²) >= 11 is 0. The number of hydrogen-bond donors (Lipinski definition) is 0. The van der Waals surface area contributed by atoms with Gasteiger partial charge in [-0.15, -0.1) is 0 Å². The van der Waals surface area contributed by atoms with Gasteiger partial charge in [-0.05, 0) is 37.6 Å². The van der Waals surface area contributed by atoms with Crippen molar-refractivity contribution < 1.29 is 4.79 Å². The molecule has 0 spiro atoms. The molecule has 2 aromatic heterocycles. The highest BCUT2D eigenvalue weighted by molar-refractivity contribution is 5.95. The minimum atomic E-state index is 0.115. The van der Waals surface area contributed by atoms with Crippen LogP contribution in [-0.2, 0) is 6.42 Å². The van der Waals surface area contributed by atoms with Crippen LogP contribution < -0.4 is 0 Å². The van der Waals surface area contributed by atoms with Gasteiger partial charge in [0, 0.05) is 32.4 Å². The van der Waals surface area contributed by atoms with E-state index in [1.807, 2.05) is 34.6 Å². The van der Waals surface area contributed by atoms with Gasteiger partial charge in [-0.3, -0.25) is 9.20 Å². The van der Waals surface area contributed by atoms with Gasteiger partial charge in [0.2, 0.25) is 0 Å². The molecule has 3 heterocycles. The average Bonchev–Trinajstić information content (AvgIpc) is 2.91. The number of piperazine rings is 1. The summed E-state index contributed by atoms with van der Waals surface area (Å²) < 4.78 is 1.94. The third-order valence-electron chi connectivity index (χ3n) is 4.50. The molecule has 118 valence electrons. The molecule has 2 aromatic rings. The van der Waals surface area contributed by atoms with Crippen molar-refractivity contribution in [2.75, 3.05) is 32.7 Å². The molecule has 1 amide bonds. The number of hydrogen-bond acceptors (Lipinski definition) is 3. The third-order valence-corrected chi connectivity index (χ3v) is 4.50. The summed E-state index contributed by atoms with van der Waals surface area (Å²) in [5.41, 5.74) is 3.67. The molecule has 0 unspecified atom stereocenters. The summed E-state index contributed by atoms with van der Waals surface area (Å²) in [6.07, 6.45) is 2.74. The number of rotatable bonds is 3. The van der Waals surface area contributed by atoms with Gasteiger partial charge in [0.15, 0.2) is 0 Å². The molecule has 0 radical (unpaired) electrons. The zero-order chi connectivity index (χ0) is 15.7. The van der Waals surface area contributed by atoms with Crippen LogP contribution in [0.4, 0.5) is 0 Å². The van der Waals surface area contributed by atoms with Crippen LogP contribution in [0.25, 0.3) is 5.65 Å². The molecule has 1 aliphatic heterocycles. The average molecular weight is 300 g/mol. The van der Waals surface area contributed by atoms with Crippen molar-refractivity contribution in [2.24, 2.45) is 0 Å². The Bertz CT molecular complexity index is 683. The summed E-state index contributed by atoms with van der Waals surface area (Å²) in [6, 6.07) is 4.06. The number of nitrogens with zero attached hydrogens (tertiary/aromatic N) is 4. The van der Waals surface area contributed by atoms with Crippen molar-refractivity contribution in [1.82, 2.24) is 19.2 Å².